The largest absolute Gasteiger partial charge is 0.327 e. The lowest BCUT2D eigenvalue weighted by atomic mass is 9.78. The molecule has 1 aliphatic heterocycles. The fraction of sp³-hybridized carbons (Fsp3) is 0.600. The maximum absolute atomic E-state index is 6.25. The third-order valence-corrected chi connectivity index (χ3v) is 4.48. The first-order chi connectivity index (χ1) is 8.33. The number of rotatable bonds is 2. The van der Waals surface area contributed by atoms with E-state index in [2.05, 4.69) is 35.2 Å². The van der Waals surface area contributed by atoms with Gasteiger partial charge in [-0.2, -0.15) is 0 Å². The standard InChI is InChI=1S/C15H22N2/c16-15-8-4-7-13-10-17(11-14(13)15)9-12-5-2-1-3-6-12/h1-3,5-6,13-15H,4,7-11,16H2/t13-,14+,15-/m1/s1. The van der Waals surface area contributed by atoms with Gasteiger partial charge in [0.2, 0.25) is 0 Å². The zero-order chi connectivity index (χ0) is 11.7. The van der Waals surface area contributed by atoms with Crippen LogP contribution in [0.1, 0.15) is 24.8 Å². The number of hydrogen-bond acceptors (Lipinski definition) is 2. The number of likely N-dealkylation sites (tertiary alicyclic amines) is 1. The molecule has 3 atom stereocenters. The van der Waals surface area contributed by atoms with Gasteiger partial charge in [-0.05, 0) is 30.2 Å². The normalized spacial score (nSPS) is 33.6. The van der Waals surface area contributed by atoms with Crippen molar-refractivity contribution in [1.29, 1.82) is 0 Å². The third kappa shape index (κ3) is 2.38. The Morgan fingerprint density at radius 2 is 1.94 bits per heavy atom. The van der Waals surface area contributed by atoms with Crippen LogP contribution in [0.3, 0.4) is 0 Å². The smallest absolute Gasteiger partial charge is 0.0233 e. The molecule has 92 valence electrons. The lowest BCUT2D eigenvalue weighted by molar-refractivity contribution is 0.259. The molecular formula is C15H22N2. The van der Waals surface area contributed by atoms with Crippen LogP contribution in [-0.4, -0.2) is 24.0 Å². The molecule has 1 saturated carbocycles. The van der Waals surface area contributed by atoms with Crippen LogP contribution in [0.25, 0.3) is 0 Å². The third-order valence-electron chi connectivity index (χ3n) is 4.48. The van der Waals surface area contributed by atoms with Crippen LogP contribution < -0.4 is 5.73 Å². The number of benzene rings is 1. The molecule has 1 saturated heterocycles. The van der Waals surface area contributed by atoms with Crippen LogP contribution in [0.4, 0.5) is 0 Å². The van der Waals surface area contributed by atoms with Gasteiger partial charge in [0, 0.05) is 25.7 Å². The number of fused-ring (bicyclic) bond motifs is 1. The molecule has 0 amide bonds. The van der Waals surface area contributed by atoms with Gasteiger partial charge in [-0.3, -0.25) is 4.90 Å². The van der Waals surface area contributed by atoms with Crippen molar-refractivity contribution in [3.8, 4) is 0 Å². The molecule has 2 heteroatoms. The fourth-order valence-electron chi connectivity index (χ4n) is 3.58. The Hall–Kier alpha value is -0.860. The first-order valence-electron chi connectivity index (χ1n) is 6.85. The van der Waals surface area contributed by atoms with Gasteiger partial charge in [0.1, 0.15) is 0 Å². The average Bonchev–Trinajstić information content (AvgIpc) is 2.74. The van der Waals surface area contributed by atoms with E-state index in [1.807, 2.05) is 0 Å². The summed E-state index contributed by atoms with van der Waals surface area (Å²) in [6, 6.07) is 11.2. The quantitative estimate of drug-likeness (QED) is 0.844. The summed E-state index contributed by atoms with van der Waals surface area (Å²) < 4.78 is 0. The van der Waals surface area contributed by atoms with E-state index >= 15 is 0 Å². The summed E-state index contributed by atoms with van der Waals surface area (Å²) in [4.78, 5) is 2.59. The maximum Gasteiger partial charge on any atom is 0.0233 e. The topological polar surface area (TPSA) is 29.3 Å². The van der Waals surface area contributed by atoms with E-state index in [1.54, 1.807) is 0 Å². The lowest BCUT2D eigenvalue weighted by Crippen LogP contribution is -2.38. The molecule has 2 aliphatic rings. The summed E-state index contributed by atoms with van der Waals surface area (Å²) >= 11 is 0. The van der Waals surface area contributed by atoms with E-state index in [9.17, 15) is 0 Å². The molecule has 0 radical (unpaired) electrons. The van der Waals surface area contributed by atoms with Crippen LogP contribution in [0, 0.1) is 11.8 Å². The minimum absolute atomic E-state index is 0.453. The summed E-state index contributed by atoms with van der Waals surface area (Å²) in [5.74, 6) is 1.62. The van der Waals surface area contributed by atoms with Gasteiger partial charge in [0.15, 0.2) is 0 Å². The molecule has 17 heavy (non-hydrogen) atoms. The number of nitrogens with zero attached hydrogens (tertiary/aromatic N) is 1. The van der Waals surface area contributed by atoms with Crippen LogP contribution in [-0.2, 0) is 6.54 Å². The molecule has 0 bridgehead atoms. The highest BCUT2D eigenvalue weighted by molar-refractivity contribution is 5.14. The van der Waals surface area contributed by atoms with Gasteiger partial charge in [-0.1, -0.05) is 36.8 Å². The maximum atomic E-state index is 6.25. The van der Waals surface area contributed by atoms with E-state index in [4.69, 9.17) is 5.73 Å². The Bertz CT molecular complexity index is 362. The van der Waals surface area contributed by atoms with Crippen molar-refractivity contribution in [2.24, 2.45) is 17.6 Å². The molecule has 1 heterocycles. The summed E-state index contributed by atoms with van der Waals surface area (Å²) in [6.45, 7) is 3.56. The first kappa shape index (κ1) is 11.2. The highest BCUT2D eigenvalue weighted by atomic mass is 15.2. The van der Waals surface area contributed by atoms with Crippen molar-refractivity contribution < 1.29 is 0 Å². The van der Waals surface area contributed by atoms with Crippen molar-refractivity contribution in [2.45, 2.75) is 31.8 Å². The molecule has 2 fully saturated rings. The molecule has 3 rings (SSSR count). The van der Waals surface area contributed by atoms with Gasteiger partial charge >= 0.3 is 0 Å². The summed E-state index contributed by atoms with van der Waals surface area (Å²) in [7, 11) is 0. The first-order valence-corrected chi connectivity index (χ1v) is 6.85. The zero-order valence-electron chi connectivity index (χ0n) is 10.4. The Morgan fingerprint density at radius 1 is 1.12 bits per heavy atom. The Balaban J connectivity index is 1.64. The van der Waals surface area contributed by atoms with Crippen molar-refractivity contribution in [3.63, 3.8) is 0 Å². The van der Waals surface area contributed by atoms with Crippen LogP contribution >= 0.6 is 0 Å². The summed E-state index contributed by atoms with van der Waals surface area (Å²) in [6.07, 6.45) is 3.96. The Labute approximate surface area is 104 Å². The molecule has 2 nitrogen and oxygen atoms in total. The molecule has 1 aromatic rings. The van der Waals surface area contributed by atoms with E-state index in [-0.39, 0.29) is 0 Å². The van der Waals surface area contributed by atoms with Gasteiger partial charge in [0.05, 0.1) is 0 Å². The minimum Gasteiger partial charge on any atom is -0.327 e. The van der Waals surface area contributed by atoms with Crippen molar-refractivity contribution in [1.82, 2.24) is 4.90 Å². The van der Waals surface area contributed by atoms with Crippen molar-refractivity contribution in [2.75, 3.05) is 13.1 Å². The van der Waals surface area contributed by atoms with E-state index < -0.39 is 0 Å². The van der Waals surface area contributed by atoms with E-state index in [1.165, 1.54) is 37.9 Å². The van der Waals surface area contributed by atoms with Crippen molar-refractivity contribution in [3.05, 3.63) is 35.9 Å². The molecule has 0 aromatic heterocycles. The Morgan fingerprint density at radius 3 is 2.71 bits per heavy atom. The molecule has 1 aromatic carbocycles. The zero-order valence-corrected chi connectivity index (χ0v) is 10.4. The molecule has 2 N–H and O–H groups in total. The molecule has 0 spiro atoms. The SMILES string of the molecule is N[C@@H]1CCC[C@@H]2CN(Cc3ccccc3)C[C@@H]21. The number of hydrogen-bond donors (Lipinski definition) is 1. The van der Waals surface area contributed by atoms with Crippen LogP contribution in [0.2, 0.25) is 0 Å². The number of nitrogens with two attached hydrogens (primary N) is 1. The molecular weight excluding hydrogens is 208 g/mol. The predicted octanol–water partition coefficient (Wildman–Crippen LogP) is 2.25. The highest BCUT2D eigenvalue weighted by Crippen LogP contribution is 2.35. The van der Waals surface area contributed by atoms with E-state index in [0.717, 1.165) is 18.4 Å². The second kappa shape index (κ2) is 4.79. The monoisotopic (exact) mass is 230 g/mol. The summed E-state index contributed by atoms with van der Waals surface area (Å²) in [5.41, 5.74) is 7.68. The van der Waals surface area contributed by atoms with Gasteiger partial charge in [-0.15, -0.1) is 0 Å². The van der Waals surface area contributed by atoms with Crippen LogP contribution in [0.15, 0.2) is 30.3 Å². The van der Waals surface area contributed by atoms with E-state index in [0.29, 0.717) is 6.04 Å². The molecule has 0 unspecified atom stereocenters. The molecule has 1 aliphatic carbocycles. The second-order valence-corrected chi connectivity index (χ2v) is 5.70. The van der Waals surface area contributed by atoms with Gasteiger partial charge < -0.3 is 5.73 Å². The predicted molar refractivity (Wildman–Crippen MR) is 70.5 cm³/mol. The highest BCUT2D eigenvalue weighted by Gasteiger charge is 2.38. The minimum atomic E-state index is 0.453. The Kier molecular flexibility index (Phi) is 3.17. The van der Waals surface area contributed by atoms with Crippen LogP contribution in [0.5, 0.6) is 0 Å². The summed E-state index contributed by atoms with van der Waals surface area (Å²) in [5, 5.41) is 0. The van der Waals surface area contributed by atoms with Gasteiger partial charge in [0.25, 0.3) is 0 Å². The van der Waals surface area contributed by atoms with Gasteiger partial charge in [-0.25, -0.2) is 0 Å². The average molecular weight is 230 g/mol. The van der Waals surface area contributed by atoms with Crippen molar-refractivity contribution >= 4 is 0 Å². The fourth-order valence-corrected chi connectivity index (χ4v) is 3.58. The lowest BCUT2D eigenvalue weighted by Gasteiger charge is -2.29. The second-order valence-electron chi connectivity index (χ2n) is 5.70.